The first-order chi connectivity index (χ1) is 14.3. The number of sulfonamides is 1. The third-order valence-electron chi connectivity index (χ3n) is 5.33. The van der Waals surface area contributed by atoms with Crippen molar-refractivity contribution in [1.29, 1.82) is 0 Å². The number of nitrogens with one attached hydrogen (secondary N) is 1. The summed E-state index contributed by atoms with van der Waals surface area (Å²) in [4.78, 5) is 14.2. The third kappa shape index (κ3) is 5.74. The van der Waals surface area contributed by atoms with Crippen LogP contribution < -0.4 is 9.46 Å². The van der Waals surface area contributed by atoms with Gasteiger partial charge in [-0.1, -0.05) is 29.8 Å². The highest BCUT2D eigenvalue weighted by Gasteiger charge is 2.24. The molecule has 0 spiro atoms. The van der Waals surface area contributed by atoms with Crippen molar-refractivity contribution in [2.75, 3.05) is 19.6 Å². The normalized spacial score (nSPS) is 15.2. The van der Waals surface area contributed by atoms with Crippen LogP contribution in [0.5, 0.6) is 5.75 Å². The predicted octanol–water partition coefficient (Wildman–Crippen LogP) is 3.70. The zero-order valence-electron chi connectivity index (χ0n) is 17.2. The highest BCUT2D eigenvalue weighted by Crippen LogP contribution is 2.22. The molecule has 2 aromatic rings. The van der Waals surface area contributed by atoms with Crippen LogP contribution in [-0.4, -0.2) is 45.0 Å². The van der Waals surface area contributed by atoms with Crippen LogP contribution in [0.15, 0.2) is 47.4 Å². The lowest BCUT2D eigenvalue weighted by molar-refractivity contribution is -0.132. The standard InChI is InChI=1S/C22H27ClN2O4S/c1-16-7-8-19(15-17(16)2)29-18-10-13-25(14-11-18)22(26)9-12-24-30(27,28)21-6-4-3-5-20(21)23/h3-8,15,18,24H,9-14H2,1-2H3. The van der Waals surface area contributed by atoms with Gasteiger partial charge in [-0.2, -0.15) is 0 Å². The lowest BCUT2D eigenvalue weighted by Crippen LogP contribution is -2.42. The van der Waals surface area contributed by atoms with Gasteiger partial charge in [-0.25, -0.2) is 13.1 Å². The van der Waals surface area contributed by atoms with Gasteiger partial charge >= 0.3 is 0 Å². The summed E-state index contributed by atoms with van der Waals surface area (Å²) in [5.41, 5.74) is 2.42. The van der Waals surface area contributed by atoms with Gasteiger partial charge in [-0.05, 0) is 49.2 Å². The topological polar surface area (TPSA) is 75.7 Å². The van der Waals surface area contributed by atoms with E-state index in [2.05, 4.69) is 18.6 Å². The highest BCUT2D eigenvalue weighted by molar-refractivity contribution is 7.89. The minimum absolute atomic E-state index is 0.0171. The van der Waals surface area contributed by atoms with E-state index in [1.165, 1.54) is 23.3 Å². The van der Waals surface area contributed by atoms with Crippen LogP contribution in [-0.2, 0) is 14.8 Å². The molecule has 30 heavy (non-hydrogen) atoms. The van der Waals surface area contributed by atoms with Gasteiger partial charge in [0.15, 0.2) is 0 Å². The van der Waals surface area contributed by atoms with Crippen LogP contribution in [0.2, 0.25) is 5.02 Å². The van der Waals surface area contributed by atoms with Crippen molar-refractivity contribution in [2.45, 2.75) is 44.1 Å². The van der Waals surface area contributed by atoms with Gasteiger partial charge in [-0.3, -0.25) is 4.79 Å². The molecule has 0 aliphatic carbocycles. The van der Waals surface area contributed by atoms with Gasteiger partial charge in [0.25, 0.3) is 0 Å². The average Bonchev–Trinajstić information content (AvgIpc) is 2.71. The molecule has 1 aliphatic heterocycles. The highest BCUT2D eigenvalue weighted by atomic mass is 35.5. The fraction of sp³-hybridized carbons (Fsp3) is 0.409. The Hall–Kier alpha value is -2.09. The molecule has 1 saturated heterocycles. The van der Waals surface area contributed by atoms with Gasteiger partial charge in [-0.15, -0.1) is 0 Å². The number of carbonyl (C=O) groups excluding carboxylic acids is 1. The Morgan fingerprint density at radius 2 is 1.83 bits per heavy atom. The van der Waals surface area contributed by atoms with Crippen LogP contribution in [0.25, 0.3) is 0 Å². The molecule has 0 aromatic heterocycles. The molecule has 0 atom stereocenters. The number of aryl methyl sites for hydroxylation is 2. The number of nitrogens with zero attached hydrogens (tertiary/aromatic N) is 1. The number of benzene rings is 2. The molecular formula is C22H27ClN2O4S. The maximum atomic E-state index is 12.5. The van der Waals surface area contributed by atoms with E-state index in [0.717, 1.165) is 18.6 Å². The van der Waals surface area contributed by atoms with E-state index in [9.17, 15) is 13.2 Å². The predicted molar refractivity (Wildman–Crippen MR) is 117 cm³/mol. The van der Waals surface area contributed by atoms with Crippen LogP contribution >= 0.6 is 11.6 Å². The van der Waals surface area contributed by atoms with Crippen molar-refractivity contribution in [3.8, 4) is 5.75 Å². The Morgan fingerprint density at radius 1 is 1.13 bits per heavy atom. The van der Waals surface area contributed by atoms with Crippen molar-refractivity contribution in [3.05, 3.63) is 58.6 Å². The zero-order chi connectivity index (χ0) is 21.7. The number of amides is 1. The number of likely N-dealkylation sites (tertiary alicyclic amines) is 1. The van der Waals surface area contributed by atoms with Crippen molar-refractivity contribution < 1.29 is 17.9 Å². The second-order valence-electron chi connectivity index (χ2n) is 7.52. The number of hydrogen-bond acceptors (Lipinski definition) is 4. The fourth-order valence-corrected chi connectivity index (χ4v) is 4.94. The molecule has 1 N–H and O–H groups in total. The van der Waals surface area contributed by atoms with Gasteiger partial charge in [0.1, 0.15) is 16.7 Å². The Labute approximate surface area is 183 Å². The molecular weight excluding hydrogens is 424 g/mol. The van der Waals surface area contributed by atoms with Crippen LogP contribution in [0, 0.1) is 13.8 Å². The van der Waals surface area contributed by atoms with E-state index < -0.39 is 10.0 Å². The molecule has 0 unspecified atom stereocenters. The fourth-order valence-electron chi connectivity index (χ4n) is 3.39. The lowest BCUT2D eigenvalue weighted by Gasteiger charge is -2.32. The number of ether oxygens (including phenoxy) is 1. The first-order valence-electron chi connectivity index (χ1n) is 10.0. The molecule has 162 valence electrons. The van der Waals surface area contributed by atoms with E-state index in [1.807, 2.05) is 18.2 Å². The molecule has 1 aliphatic rings. The van der Waals surface area contributed by atoms with E-state index in [4.69, 9.17) is 16.3 Å². The van der Waals surface area contributed by atoms with Crippen molar-refractivity contribution in [1.82, 2.24) is 9.62 Å². The Kier molecular flexibility index (Phi) is 7.39. The minimum atomic E-state index is -3.74. The molecule has 1 heterocycles. The van der Waals surface area contributed by atoms with Crippen LogP contribution in [0.4, 0.5) is 0 Å². The third-order valence-corrected chi connectivity index (χ3v) is 7.29. The molecule has 8 heteroatoms. The number of halogens is 1. The van der Waals surface area contributed by atoms with Gasteiger partial charge in [0.05, 0.1) is 5.02 Å². The summed E-state index contributed by atoms with van der Waals surface area (Å²) in [6, 6.07) is 12.3. The van der Waals surface area contributed by atoms with Gasteiger partial charge < -0.3 is 9.64 Å². The van der Waals surface area contributed by atoms with Crippen molar-refractivity contribution in [3.63, 3.8) is 0 Å². The van der Waals surface area contributed by atoms with Crippen LogP contribution in [0.3, 0.4) is 0 Å². The van der Waals surface area contributed by atoms with E-state index >= 15 is 0 Å². The first-order valence-corrected chi connectivity index (χ1v) is 11.9. The van der Waals surface area contributed by atoms with E-state index in [0.29, 0.717) is 13.1 Å². The zero-order valence-corrected chi connectivity index (χ0v) is 18.8. The summed E-state index contributed by atoms with van der Waals surface area (Å²) >= 11 is 5.95. The Bertz CT molecular complexity index is 1000. The van der Waals surface area contributed by atoms with Crippen molar-refractivity contribution >= 4 is 27.5 Å². The van der Waals surface area contributed by atoms with Crippen LogP contribution in [0.1, 0.15) is 30.4 Å². The molecule has 0 bridgehead atoms. The maximum absolute atomic E-state index is 12.5. The van der Waals surface area contributed by atoms with Gasteiger partial charge in [0, 0.05) is 38.9 Å². The van der Waals surface area contributed by atoms with E-state index in [-0.39, 0.29) is 34.9 Å². The largest absolute Gasteiger partial charge is 0.490 e. The summed E-state index contributed by atoms with van der Waals surface area (Å²) in [5, 5.41) is 0.155. The summed E-state index contributed by atoms with van der Waals surface area (Å²) in [6.45, 7) is 5.36. The quantitative estimate of drug-likeness (QED) is 0.697. The summed E-state index contributed by atoms with van der Waals surface area (Å²) in [6.07, 6.45) is 1.69. The Balaban J connectivity index is 1.44. The molecule has 3 rings (SSSR count). The number of carbonyl (C=O) groups is 1. The minimum Gasteiger partial charge on any atom is -0.490 e. The molecule has 0 radical (unpaired) electrons. The maximum Gasteiger partial charge on any atom is 0.242 e. The lowest BCUT2D eigenvalue weighted by atomic mass is 10.1. The smallest absolute Gasteiger partial charge is 0.242 e. The summed E-state index contributed by atoms with van der Waals surface area (Å²) < 4.78 is 33.2. The average molecular weight is 451 g/mol. The second-order valence-corrected chi connectivity index (χ2v) is 9.66. The molecule has 1 amide bonds. The molecule has 6 nitrogen and oxygen atoms in total. The first kappa shape index (κ1) is 22.6. The monoisotopic (exact) mass is 450 g/mol. The number of hydrogen-bond donors (Lipinski definition) is 1. The van der Waals surface area contributed by atoms with E-state index in [1.54, 1.807) is 17.0 Å². The number of piperidine rings is 1. The van der Waals surface area contributed by atoms with Crippen molar-refractivity contribution in [2.24, 2.45) is 0 Å². The second kappa shape index (κ2) is 9.81. The summed E-state index contributed by atoms with van der Waals surface area (Å²) in [7, 11) is -3.74. The summed E-state index contributed by atoms with van der Waals surface area (Å²) in [5.74, 6) is 0.790. The number of rotatable bonds is 7. The molecule has 0 saturated carbocycles. The molecule has 1 fully saturated rings. The van der Waals surface area contributed by atoms with Gasteiger partial charge in [0.2, 0.25) is 15.9 Å². The Morgan fingerprint density at radius 3 is 2.50 bits per heavy atom. The molecule has 2 aromatic carbocycles. The SMILES string of the molecule is Cc1ccc(OC2CCN(C(=O)CCNS(=O)(=O)c3ccccc3Cl)CC2)cc1C.